The Kier molecular flexibility index (Phi) is 8.49. The fourth-order valence-corrected chi connectivity index (χ4v) is 1.79. The summed E-state index contributed by atoms with van der Waals surface area (Å²) in [6.45, 7) is 8.15. The first-order valence-electron chi connectivity index (χ1n) is 6.98. The van der Waals surface area contributed by atoms with Gasteiger partial charge in [0, 0.05) is 18.9 Å². The number of Topliss-reactive ketones (excluding diaryl/α,β-unsaturated/α-hetero) is 1. The minimum Gasteiger partial charge on any atom is -0.381 e. The molecule has 0 aliphatic heterocycles. The van der Waals surface area contributed by atoms with Crippen LogP contribution in [-0.2, 0) is 9.53 Å². The van der Waals surface area contributed by atoms with Gasteiger partial charge in [-0.15, -0.1) is 0 Å². The molecule has 102 valence electrons. The average Bonchev–Trinajstić information content (AvgIpc) is 2.25. The van der Waals surface area contributed by atoms with Crippen LogP contribution >= 0.6 is 0 Å². The van der Waals surface area contributed by atoms with E-state index in [0.717, 1.165) is 6.42 Å². The molecule has 0 saturated heterocycles. The van der Waals surface area contributed by atoms with Crippen LogP contribution in [-0.4, -0.2) is 19.0 Å². The Balaban J connectivity index is 3.81. The van der Waals surface area contributed by atoms with Gasteiger partial charge >= 0.3 is 0 Å². The summed E-state index contributed by atoms with van der Waals surface area (Å²) in [5.41, 5.74) is -0.237. The van der Waals surface area contributed by atoms with Crippen molar-refractivity contribution < 1.29 is 9.53 Å². The van der Waals surface area contributed by atoms with Crippen molar-refractivity contribution in [1.82, 2.24) is 0 Å². The fourth-order valence-electron chi connectivity index (χ4n) is 1.79. The molecule has 0 heterocycles. The molecule has 0 saturated carbocycles. The molecule has 0 fully saturated rings. The second-order valence-electron chi connectivity index (χ2n) is 5.94. The lowest BCUT2D eigenvalue weighted by atomic mass is 9.87. The third-order valence-electron chi connectivity index (χ3n) is 3.21. The van der Waals surface area contributed by atoms with Crippen molar-refractivity contribution >= 4 is 5.78 Å². The van der Waals surface area contributed by atoms with E-state index in [-0.39, 0.29) is 11.5 Å². The minimum atomic E-state index is -0.237. The Labute approximate surface area is 107 Å². The second-order valence-corrected chi connectivity index (χ2v) is 5.94. The lowest BCUT2D eigenvalue weighted by Gasteiger charge is -2.21. The number of hydrogen-bond donors (Lipinski definition) is 0. The minimum absolute atomic E-state index is 0.114. The average molecular weight is 242 g/mol. The summed E-state index contributed by atoms with van der Waals surface area (Å²) < 4.78 is 5.40. The van der Waals surface area contributed by atoms with Crippen molar-refractivity contribution in [3.63, 3.8) is 0 Å². The van der Waals surface area contributed by atoms with Crippen LogP contribution in [0.25, 0.3) is 0 Å². The summed E-state index contributed by atoms with van der Waals surface area (Å²) in [5, 5.41) is 0. The molecule has 0 rings (SSSR count). The van der Waals surface area contributed by atoms with Gasteiger partial charge in [0.25, 0.3) is 0 Å². The monoisotopic (exact) mass is 242 g/mol. The van der Waals surface area contributed by atoms with E-state index in [1.807, 2.05) is 20.8 Å². The molecule has 0 bridgehead atoms. The summed E-state index contributed by atoms with van der Waals surface area (Å²) in [4.78, 5) is 11.9. The Morgan fingerprint density at radius 2 is 1.71 bits per heavy atom. The molecule has 17 heavy (non-hydrogen) atoms. The van der Waals surface area contributed by atoms with E-state index in [4.69, 9.17) is 4.74 Å². The first-order chi connectivity index (χ1) is 7.91. The summed E-state index contributed by atoms with van der Waals surface area (Å²) >= 11 is 0. The Bertz CT molecular complexity index is 203. The van der Waals surface area contributed by atoms with Crippen molar-refractivity contribution in [3.8, 4) is 0 Å². The number of carbonyl (C=O) groups excluding carboxylic acids is 1. The maximum Gasteiger partial charge on any atom is 0.140 e. The zero-order valence-corrected chi connectivity index (χ0v) is 12.3. The molecule has 0 spiro atoms. The molecular formula is C15H30O2. The molecule has 2 heteroatoms. The van der Waals surface area contributed by atoms with Crippen molar-refractivity contribution in [2.24, 2.45) is 5.41 Å². The fraction of sp³-hybridized carbons (Fsp3) is 0.933. The van der Waals surface area contributed by atoms with Gasteiger partial charge in [0.1, 0.15) is 5.78 Å². The molecule has 1 atom stereocenters. The van der Waals surface area contributed by atoms with Crippen LogP contribution in [0.3, 0.4) is 0 Å². The van der Waals surface area contributed by atoms with E-state index in [1.54, 1.807) is 7.11 Å². The molecule has 0 aliphatic rings. The van der Waals surface area contributed by atoms with Crippen LogP contribution in [0.1, 0.15) is 72.6 Å². The zero-order chi connectivity index (χ0) is 13.3. The van der Waals surface area contributed by atoms with E-state index in [0.29, 0.717) is 12.2 Å². The van der Waals surface area contributed by atoms with Gasteiger partial charge in [-0.3, -0.25) is 4.79 Å². The third kappa shape index (κ3) is 8.37. The highest BCUT2D eigenvalue weighted by atomic mass is 16.5. The van der Waals surface area contributed by atoms with E-state index < -0.39 is 0 Å². The number of rotatable bonds is 9. The van der Waals surface area contributed by atoms with Crippen LogP contribution in [0, 0.1) is 5.41 Å². The molecular weight excluding hydrogens is 212 g/mol. The van der Waals surface area contributed by atoms with E-state index in [9.17, 15) is 4.79 Å². The van der Waals surface area contributed by atoms with Gasteiger partial charge in [-0.1, -0.05) is 59.8 Å². The molecule has 2 nitrogen and oxygen atoms in total. The highest BCUT2D eigenvalue weighted by molar-refractivity contribution is 5.84. The molecule has 0 aromatic carbocycles. The Morgan fingerprint density at radius 3 is 2.18 bits per heavy atom. The highest BCUT2D eigenvalue weighted by Crippen LogP contribution is 2.20. The molecule has 0 radical (unpaired) electrons. The highest BCUT2D eigenvalue weighted by Gasteiger charge is 2.24. The van der Waals surface area contributed by atoms with E-state index >= 15 is 0 Å². The maximum absolute atomic E-state index is 11.9. The Morgan fingerprint density at radius 1 is 1.12 bits per heavy atom. The Hall–Kier alpha value is -0.370. The third-order valence-corrected chi connectivity index (χ3v) is 3.21. The van der Waals surface area contributed by atoms with Gasteiger partial charge in [0.05, 0.1) is 6.10 Å². The predicted octanol–water partition coefficient (Wildman–Crippen LogP) is 4.37. The van der Waals surface area contributed by atoms with Gasteiger partial charge in [-0.2, -0.15) is 0 Å². The number of ketones is 1. The van der Waals surface area contributed by atoms with Crippen molar-refractivity contribution in [2.45, 2.75) is 78.7 Å². The van der Waals surface area contributed by atoms with Gasteiger partial charge < -0.3 is 4.74 Å². The van der Waals surface area contributed by atoms with Gasteiger partial charge in [-0.05, 0) is 6.42 Å². The largest absolute Gasteiger partial charge is 0.381 e. The molecule has 1 unspecified atom stereocenters. The van der Waals surface area contributed by atoms with Crippen LogP contribution in [0.2, 0.25) is 0 Å². The number of unbranched alkanes of at least 4 members (excludes halogenated alkanes) is 4. The second kappa shape index (κ2) is 8.68. The summed E-state index contributed by atoms with van der Waals surface area (Å²) in [6.07, 6.45) is 8.03. The van der Waals surface area contributed by atoms with Gasteiger partial charge in [0.2, 0.25) is 0 Å². The molecule has 0 N–H and O–H groups in total. The van der Waals surface area contributed by atoms with Gasteiger partial charge in [-0.25, -0.2) is 0 Å². The topological polar surface area (TPSA) is 26.3 Å². The molecule has 0 aliphatic carbocycles. The van der Waals surface area contributed by atoms with Crippen LogP contribution in [0.4, 0.5) is 0 Å². The lowest BCUT2D eigenvalue weighted by Crippen LogP contribution is -2.26. The summed E-state index contributed by atoms with van der Waals surface area (Å²) in [7, 11) is 1.71. The number of methoxy groups -OCH3 is 1. The summed E-state index contributed by atoms with van der Waals surface area (Å²) in [5.74, 6) is 0.304. The van der Waals surface area contributed by atoms with Crippen LogP contribution in [0.5, 0.6) is 0 Å². The SMILES string of the molecule is CCCCCCCC(CC(=O)C(C)(C)C)OC. The quantitative estimate of drug-likeness (QED) is 0.561. The smallest absolute Gasteiger partial charge is 0.140 e. The number of ether oxygens (including phenoxy) is 1. The zero-order valence-electron chi connectivity index (χ0n) is 12.3. The number of hydrogen-bond acceptors (Lipinski definition) is 2. The van der Waals surface area contributed by atoms with Gasteiger partial charge in [0.15, 0.2) is 0 Å². The number of carbonyl (C=O) groups is 1. The molecule has 0 aromatic heterocycles. The standard InChI is InChI=1S/C15H30O2/c1-6-7-8-9-10-11-13(17-5)12-14(16)15(2,3)4/h13H,6-12H2,1-5H3. The molecule has 0 aromatic rings. The van der Waals surface area contributed by atoms with Crippen LogP contribution in [0.15, 0.2) is 0 Å². The lowest BCUT2D eigenvalue weighted by molar-refractivity contribution is -0.128. The van der Waals surface area contributed by atoms with E-state index in [1.165, 1.54) is 32.1 Å². The predicted molar refractivity (Wildman–Crippen MR) is 73.3 cm³/mol. The normalized spacial score (nSPS) is 13.7. The first kappa shape index (κ1) is 16.6. The van der Waals surface area contributed by atoms with E-state index in [2.05, 4.69) is 6.92 Å². The summed E-state index contributed by atoms with van der Waals surface area (Å²) in [6, 6.07) is 0. The van der Waals surface area contributed by atoms with Crippen LogP contribution < -0.4 is 0 Å². The van der Waals surface area contributed by atoms with Crippen molar-refractivity contribution in [3.05, 3.63) is 0 Å². The van der Waals surface area contributed by atoms with Crippen molar-refractivity contribution in [2.75, 3.05) is 7.11 Å². The van der Waals surface area contributed by atoms with Crippen molar-refractivity contribution in [1.29, 1.82) is 0 Å². The first-order valence-corrected chi connectivity index (χ1v) is 6.98. The maximum atomic E-state index is 11.9. The molecule has 0 amide bonds.